The Morgan fingerprint density at radius 3 is 2.17 bits per heavy atom. The minimum Gasteiger partial charge on any atom is -0.497 e. The molecule has 8 heteroatoms. The van der Waals surface area contributed by atoms with Crippen molar-refractivity contribution in [2.75, 3.05) is 26.6 Å². The number of fused-ring (bicyclic) bond motifs is 1. The van der Waals surface area contributed by atoms with Gasteiger partial charge in [0.2, 0.25) is 0 Å². The predicted molar refractivity (Wildman–Crippen MR) is 117 cm³/mol. The Bertz CT molecular complexity index is 1190. The molecule has 1 N–H and O–H groups in total. The van der Waals surface area contributed by atoms with Crippen LogP contribution in [-0.2, 0) is 0 Å². The van der Waals surface area contributed by atoms with Crippen molar-refractivity contribution in [3.05, 3.63) is 59.2 Å². The summed E-state index contributed by atoms with van der Waals surface area (Å²) in [6, 6.07) is 13.0. The highest BCUT2D eigenvalue weighted by molar-refractivity contribution is 7.19. The van der Waals surface area contributed by atoms with E-state index in [1.54, 1.807) is 39.5 Å². The third kappa shape index (κ3) is 3.69. The zero-order valence-electron chi connectivity index (χ0n) is 17.1. The van der Waals surface area contributed by atoms with Crippen molar-refractivity contribution < 1.29 is 19.0 Å². The monoisotopic (exact) mass is 423 g/mol. The van der Waals surface area contributed by atoms with Gasteiger partial charge >= 0.3 is 0 Å². The first-order valence-electron chi connectivity index (χ1n) is 9.19. The number of imidazole rings is 1. The zero-order chi connectivity index (χ0) is 21.3. The van der Waals surface area contributed by atoms with E-state index in [1.807, 2.05) is 41.8 Å². The minimum absolute atomic E-state index is 0.204. The molecular weight excluding hydrogens is 402 g/mol. The van der Waals surface area contributed by atoms with Crippen LogP contribution >= 0.6 is 11.3 Å². The Balaban J connectivity index is 1.61. The number of rotatable bonds is 6. The molecule has 0 atom stereocenters. The maximum atomic E-state index is 12.9. The number of benzene rings is 2. The number of aromatic nitrogens is 2. The maximum absolute atomic E-state index is 12.9. The van der Waals surface area contributed by atoms with Crippen molar-refractivity contribution in [3.8, 4) is 28.5 Å². The van der Waals surface area contributed by atoms with Crippen LogP contribution in [0.3, 0.4) is 0 Å². The number of anilines is 1. The lowest BCUT2D eigenvalue weighted by molar-refractivity contribution is 0.102. The Labute approximate surface area is 177 Å². The fourth-order valence-corrected chi connectivity index (χ4v) is 4.13. The molecule has 0 aliphatic rings. The Kier molecular flexibility index (Phi) is 5.33. The smallest absolute Gasteiger partial charge is 0.267 e. The van der Waals surface area contributed by atoms with E-state index in [9.17, 15) is 4.79 Å². The van der Waals surface area contributed by atoms with Gasteiger partial charge in [-0.3, -0.25) is 9.20 Å². The standard InChI is InChI=1S/C22H21N3O4S/c1-13-20(21(26)23-15-9-17(28-3)11-18(10-15)29-4)30-22-24-19(12-25(13)22)14-5-7-16(27-2)8-6-14/h5-12H,1-4H3,(H,23,26). The molecule has 0 fully saturated rings. The summed E-state index contributed by atoms with van der Waals surface area (Å²) in [5, 5.41) is 2.91. The van der Waals surface area contributed by atoms with Crippen molar-refractivity contribution in [1.82, 2.24) is 9.38 Å². The van der Waals surface area contributed by atoms with Crippen LogP contribution in [0.25, 0.3) is 16.2 Å². The molecule has 0 saturated carbocycles. The lowest BCUT2D eigenvalue weighted by Gasteiger charge is -2.09. The average molecular weight is 423 g/mol. The summed E-state index contributed by atoms with van der Waals surface area (Å²) in [4.78, 5) is 18.9. The third-order valence-electron chi connectivity index (χ3n) is 4.76. The van der Waals surface area contributed by atoms with Gasteiger partial charge in [0.25, 0.3) is 5.91 Å². The van der Waals surface area contributed by atoms with E-state index in [-0.39, 0.29) is 5.91 Å². The first kappa shape index (κ1) is 19.8. The average Bonchev–Trinajstić information content (AvgIpc) is 3.33. The number of carbonyl (C=O) groups is 1. The van der Waals surface area contributed by atoms with Gasteiger partial charge in [-0.1, -0.05) is 11.3 Å². The zero-order valence-corrected chi connectivity index (χ0v) is 17.9. The maximum Gasteiger partial charge on any atom is 0.267 e. The van der Waals surface area contributed by atoms with Crippen LogP contribution in [0.5, 0.6) is 17.2 Å². The van der Waals surface area contributed by atoms with Crippen LogP contribution in [0.4, 0.5) is 5.69 Å². The van der Waals surface area contributed by atoms with Crippen LogP contribution in [0, 0.1) is 6.92 Å². The second-order valence-electron chi connectivity index (χ2n) is 6.58. The predicted octanol–water partition coefficient (Wildman–Crippen LogP) is 4.65. The summed E-state index contributed by atoms with van der Waals surface area (Å²) < 4.78 is 17.7. The van der Waals surface area contributed by atoms with Crippen molar-refractivity contribution >= 4 is 27.9 Å². The van der Waals surface area contributed by atoms with Gasteiger partial charge in [-0.25, -0.2) is 4.98 Å². The molecule has 0 radical (unpaired) electrons. The van der Waals surface area contributed by atoms with E-state index in [0.29, 0.717) is 22.1 Å². The number of ether oxygens (including phenoxy) is 3. The number of nitrogens with zero attached hydrogens (tertiary/aromatic N) is 2. The van der Waals surface area contributed by atoms with Crippen LogP contribution in [-0.4, -0.2) is 36.6 Å². The van der Waals surface area contributed by atoms with Crippen LogP contribution in [0.1, 0.15) is 15.4 Å². The minimum atomic E-state index is -0.204. The van der Waals surface area contributed by atoms with Crippen molar-refractivity contribution in [2.24, 2.45) is 0 Å². The number of carbonyl (C=O) groups excluding carboxylic acids is 1. The summed E-state index contributed by atoms with van der Waals surface area (Å²) >= 11 is 1.35. The van der Waals surface area contributed by atoms with E-state index in [0.717, 1.165) is 27.7 Å². The molecule has 154 valence electrons. The Morgan fingerprint density at radius 2 is 1.60 bits per heavy atom. The Hall–Kier alpha value is -3.52. The van der Waals surface area contributed by atoms with Gasteiger partial charge < -0.3 is 19.5 Å². The van der Waals surface area contributed by atoms with Crippen LogP contribution in [0.15, 0.2) is 48.7 Å². The van der Waals surface area contributed by atoms with Gasteiger partial charge in [0.15, 0.2) is 4.96 Å². The highest BCUT2D eigenvalue weighted by atomic mass is 32.1. The lowest BCUT2D eigenvalue weighted by Crippen LogP contribution is -2.12. The van der Waals surface area contributed by atoms with Gasteiger partial charge in [0.1, 0.15) is 22.1 Å². The number of hydrogen-bond acceptors (Lipinski definition) is 6. The van der Waals surface area contributed by atoms with Crippen LogP contribution in [0.2, 0.25) is 0 Å². The fraction of sp³-hybridized carbons (Fsp3) is 0.182. The summed E-state index contributed by atoms with van der Waals surface area (Å²) in [5.41, 5.74) is 3.26. The number of amides is 1. The van der Waals surface area contributed by atoms with Crippen molar-refractivity contribution in [3.63, 3.8) is 0 Å². The lowest BCUT2D eigenvalue weighted by atomic mass is 10.2. The molecule has 0 unspecified atom stereocenters. The van der Waals surface area contributed by atoms with Crippen LogP contribution < -0.4 is 19.5 Å². The van der Waals surface area contributed by atoms with Gasteiger partial charge in [-0.05, 0) is 31.2 Å². The van der Waals surface area contributed by atoms with Gasteiger partial charge in [-0.15, -0.1) is 0 Å². The third-order valence-corrected chi connectivity index (χ3v) is 5.91. The topological polar surface area (TPSA) is 74.1 Å². The molecule has 30 heavy (non-hydrogen) atoms. The molecule has 7 nitrogen and oxygen atoms in total. The first-order valence-corrected chi connectivity index (χ1v) is 10.0. The second-order valence-corrected chi connectivity index (χ2v) is 7.56. The summed E-state index contributed by atoms with van der Waals surface area (Å²) in [5.74, 6) is 1.80. The molecule has 0 saturated heterocycles. The van der Waals surface area contributed by atoms with Gasteiger partial charge in [0, 0.05) is 41.3 Å². The molecule has 0 aliphatic carbocycles. The first-order chi connectivity index (χ1) is 14.5. The molecule has 2 aromatic heterocycles. The highest BCUT2D eigenvalue weighted by Gasteiger charge is 2.19. The molecule has 4 rings (SSSR count). The van der Waals surface area contributed by atoms with Gasteiger partial charge in [0.05, 0.1) is 27.0 Å². The summed E-state index contributed by atoms with van der Waals surface area (Å²) in [6.07, 6.45) is 1.94. The molecule has 0 spiro atoms. The Morgan fingerprint density at radius 1 is 0.967 bits per heavy atom. The normalized spacial score (nSPS) is 10.8. The fourth-order valence-electron chi connectivity index (χ4n) is 3.13. The van der Waals surface area contributed by atoms with E-state index in [4.69, 9.17) is 14.2 Å². The number of methoxy groups -OCH3 is 3. The molecule has 0 bridgehead atoms. The van der Waals surface area contributed by atoms with Crippen molar-refractivity contribution in [1.29, 1.82) is 0 Å². The number of hydrogen-bond donors (Lipinski definition) is 1. The quantitative estimate of drug-likeness (QED) is 0.489. The van der Waals surface area contributed by atoms with E-state index >= 15 is 0 Å². The molecule has 1 amide bonds. The number of nitrogens with one attached hydrogen (secondary N) is 1. The number of thiazole rings is 1. The summed E-state index contributed by atoms with van der Waals surface area (Å²) in [7, 11) is 4.78. The largest absolute Gasteiger partial charge is 0.497 e. The van der Waals surface area contributed by atoms with Crippen molar-refractivity contribution in [2.45, 2.75) is 6.92 Å². The molecule has 2 aromatic carbocycles. The molecule has 4 aromatic rings. The molecular formula is C22H21N3O4S. The SMILES string of the molecule is COc1ccc(-c2cn3c(C)c(C(=O)Nc4cc(OC)cc(OC)c4)sc3n2)cc1. The molecule has 2 heterocycles. The number of aryl methyl sites for hydroxylation is 1. The summed E-state index contributed by atoms with van der Waals surface area (Å²) in [6.45, 7) is 1.91. The van der Waals surface area contributed by atoms with E-state index in [1.165, 1.54) is 11.3 Å². The highest BCUT2D eigenvalue weighted by Crippen LogP contribution is 2.30. The van der Waals surface area contributed by atoms with E-state index in [2.05, 4.69) is 10.3 Å². The molecule has 0 aliphatic heterocycles. The van der Waals surface area contributed by atoms with E-state index < -0.39 is 0 Å². The van der Waals surface area contributed by atoms with Gasteiger partial charge in [-0.2, -0.15) is 0 Å². The second kappa shape index (κ2) is 8.08.